The van der Waals surface area contributed by atoms with Crippen LogP contribution in [0.15, 0.2) is 42.5 Å². The maximum Gasteiger partial charge on any atom is 0.313 e. The van der Waals surface area contributed by atoms with Gasteiger partial charge in [-0.05, 0) is 37.6 Å². The number of aryl methyl sites for hydroxylation is 2. The molecule has 1 fully saturated rings. The Kier molecular flexibility index (Phi) is 6.82. The number of carbonyl (C=O) groups excluding carboxylic acids is 2. The van der Waals surface area contributed by atoms with Crippen LogP contribution in [0, 0.1) is 19.7 Å². The minimum absolute atomic E-state index is 0.206. The van der Waals surface area contributed by atoms with Crippen molar-refractivity contribution in [2.45, 2.75) is 13.8 Å². The molecule has 1 aliphatic rings. The summed E-state index contributed by atoms with van der Waals surface area (Å²) in [5, 5.41) is 5.31. The number of carbonyl (C=O) groups is 2. The first-order valence-corrected chi connectivity index (χ1v) is 9.82. The molecule has 7 heteroatoms. The average Bonchev–Trinajstić information content (AvgIpc) is 2.71. The van der Waals surface area contributed by atoms with Crippen LogP contribution in [0.5, 0.6) is 0 Å². The molecule has 0 aromatic heterocycles. The van der Waals surface area contributed by atoms with E-state index < -0.39 is 11.8 Å². The van der Waals surface area contributed by atoms with E-state index in [1.54, 1.807) is 18.2 Å². The van der Waals surface area contributed by atoms with Crippen LogP contribution in [0.4, 0.5) is 15.8 Å². The van der Waals surface area contributed by atoms with Gasteiger partial charge in [-0.15, -0.1) is 0 Å². The predicted molar refractivity (Wildman–Crippen MR) is 113 cm³/mol. The fourth-order valence-electron chi connectivity index (χ4n) is 3.46. The van der Waals surface area contributed by atoms with E-state index in [2.05, 4.69) is 15.5 Å². The van der Waals surface area contributed by atoms with Gasteiger partial charge >= 0.3 is 11.8 Å². The zero-order valence-electron chi connectivity index (χ0n) is 16.9. The molecule has 1 heterocycles. The highest BCUT2D eigenvalue weighted by Crippen LogP contribution is 2.20. The summed E-state index contributed by atoms with van der Waals surface area (Å²) < 4.78 is 13.9. The van der Waals surface area contributed by atoms with Crippen molar-refractivity contribution in [3.63, 3.8) is 0 Å². The first kappa shape index (κ1) is 20.8. The van der Waals surface area contributed by atoms with Crippen LogP contribution >= 0.6 is 0 Å². The molecule has 2 N–H and O–H groups in total. The standard InChI is InChI=1S/C22H27FN4O2/c1-16-7-8-19(17(2)15-16)25-22(29)21(28)24-9-10-26-11-13-27(14-12-26)20-6-4-3-5-18(20)23/h3-8,15H,9-14H2,1-2H3,(H,24,28)(H,25,29). The van der Waals surface area contributed by atoms with Crippen LogP contribution in [0.3, 0.4) is 0 Å². The second-order valence-electron chi connectivity index (χ2n) is 7.31. The number of rotatable bonds is 5. The lowest BCUT2D eigenvalue weighted by molar-refractivity contribution is -0.136. The molecule has 0 bridgehead atoms. The SMILES string of the molecule is Cc1ccc(NC(=O)C(=O)NCCN2CCN(c3ccccc3F)CC2)c(C)c1. The number of hydrogen-bond donors (Lipinski definition) is 2. The molecule has 1 saturated heterocycles. The number of nitrogens with zero attached hydrogens (tertiary/aromatic N) is 2. The molecule has 0 spiro atoms. The molecular weight excluding hydrogens is 371 g/mol. The fraction of sp³-hybridized carbons (Fsp3) is 0.364. The predicted octanol–water partition coefficient (Wildman–Crippen LogP) is 2.32. The molecule has 0 atom stereocenters. The Morgan fingerprint density at radius 1 is 1.00 bits per heavy atom. The number of halogens is 1. The van der Waals surface area contributed by atoms with Gasteiger partial charge in [0.15, 0.2) is 0 Å². The van der Waals surface area contributed by atoms with Gasteiger partial charge in [0.05, 0.1) is 5.69 Å². The minimum atomic E-state index is -0.665. The molecule has 3 rings (SSSR count). The molecule has 0 unspecified atom stereocenters. The quantitative estimate of drug-likeness (QED) is 0.759. The summed E-state index contributed by atoms with van der Waals surface area (Å²) in [5.74, 6) is -1.51. The number of hydrogen-bond acceptors (Lipinski definition) is 4. The molecule has 0 radical (unpaired) electrons. The van der Waals surface area contributed by atoms with Crippen LogP contribution in [0.2, 0.25) is 0 Å². The highest BCUT2D eigenvalue weighted by atomic mass is 19.1. The smallest absolute Gasteiger partial charge is 0.313 e. The third-order valence-corrected chi connectivity index (χ3v) is 5.12. The van der Waals surface area contributed by atoms with E-state index in [0.717, 1.165) is 37.3 Å². The van der Waals surface area contributed by atoms with Crippen LogP contribution in [-0.4, -0.2) is 56.0 Å². The third kappa shape index (κ3) is 5.54. The second-order valence-corrected chi connectivity index (χ2v) is 7.31. The summed E-state index contributed by atoms with van der Waals surface area (Å²) in [4.78, 5) is 28.4. The Bertz CT molecular complexity index is 879. The van der Waals surface area contributed by atoms with Crippen molar-refractivity contribution >= 4 is 23.2 Å². The van der Waals surface area contributed by atoms with Gasteiger partial charge in [-0.25, -0.2) is 4.39 Å². The molecule has 29 heavy (non-hydrogen) atoms. The minimum Gasteiger partial charge on any atom is -0.367 e. The van der Waals surface area contributed by atoms with Gasteiger partial charge in [0.1, 0.15) is 5.82 Å². The maximum atomic E-state index is 13.9. The zero-order valence-corrected chi connectivity index (χ0v) is 16.9. The normalized spacial score (nSPS) is 14.5. The van der Waals surface area contributed by atoms with E-state index in [1.165, 1.54) is 6.07 Å². The number of para-hydroxylation sites is 1. The van der Waals surface area contributed by atoms with Crippen LogP contribution in [-0.2, 0) is 9.59 Å². The van der Waals surface area contributed by atoms with Crippen molar-refractivity contribution in [1.29, 1.82) is 0 Å². The summed E-state index contributed by atoms with van der Waals surface area (Å²) in [6.07, 6.45) is 0. The van der Waals surface area contributed by atoms with Crippen molar-refractivity contribution in [1.82, 2.24) is 10.2 Å². The maximum absolute atomic E-state index is 13.9. The monoisotopic (exact) mass is 398 g/mol. The van der Waals surface area contributed by atoms with Gasteiger partial charge in [-0.3, -0.25) is 14.5 Å². The number of benzene rings is 2. The first-order chi connectivity index (χ1) is 13.9. The molecule has 0 saturated carbocycles. The summed E-state index contributed by atoms with van der Waals surface area (Å²) in [7, 11) is 0. The highest BCUT2D eigenvalue weighted by molar-refractivity contribution is 6.39. The molecule has 1 aliphatic heterocycles. The molecule has 0 aliphatic carbocycles. The van der Waals surface area contributed by atoms with Crippen molar-refractivity contribution in [3.8, 4) is 0 Å². The van der Waals surface area contributed by atoms with E-state index in [0.29, 0.717) is 24.5 Å². The highest BCUT2D eigenvalue weighted by Gasteiger charge is 2.20. The topological polar surface area (TPSA) is 64.7 Å². The lowest BCUT2D eigenvalue weighted by Gasteiger charge is -2.36. The number of piperazine rings is 1. The summed E-state index contributed by atoms with van der Waals surface area (Å²) in [5.41, 5.74) is 3.28. The molecular formula is C22H27FN4O2. The van der Waals surface area contributed by atoms with Gasteiger partial charge in [0.2, 0.25) is 0 Å². The van der Waals surface area contributed by atoms with Crippen molar-refractivity contribution < 1.29 is 14.0 Å². The number of amides is 2. The van der Waals surface area contributed by atoms with Crippen molar-refractivity contribution in [2.75, 3.05) is 49.5 Å². The van der Waals surface area contributed by atoms with Gasteiger partial charge in [-0.2, -0.15) is 0 Å². The van der Waals surface area contributed by atoms with Gasteiger partial charge in [0.25, 0.3) is 0 Å². The average molecular weight is 398 g/mol. The molecule has 2 amide bonds. The molecule has 2 aromatic carbocycles. The Morgan fingerprint density at radius 2 is 1.72 bits per heavy atom. The largest absolute Gasteiger partial charge is 0.367 e. The lowest BCUT2D eigenvalue weighted by atomic mass is 10.1. The van der Waals surface area contributed by atoms with Crippen LogP contribution in [0.1, 0.15) is 11.1 Å². The number of nitrogens with one attached hydrogen (secondary N) is 2. The summed E-state index contributed by atoms with van der Waals surface area (Å²) in [6.45, 7) is 7.90. The third-order valence-electron chi connectivity index (χ3n) is 5.12. The van der Waals surface area contributed by atoms with Crippen molar-refractivity contribution in [3.05, 3.63) is 59.4 Å². The zero-order chi connectivity index (χ0) is 20.8. The van der Waals surface area contributed by atoms with Gasteiger partial charge in [0, 0.05) is 45.0 Å². The molecule has 2 aromatic rings. The van der Waals surface area contributed by atoms with Gasteiger partial charge < -0.3 is 15.5 Å². The summed E-state index contributed by atoms with van der Waals surface area (Å²) in [6, 6.07) is 12.4. The van der Waals surface area contributed by atoms with Gasteiger partial charge in [-0.1, -0.05) is 29.8 Å². The Balaban J connectivity index is 1.39. The van der Waals surface area contributed by atoms with E-state index in [-0.39, 0.29) is 5.82 Å². The molecule has 6 nitrogen and oxygen atoms in total. The number of anilines is 2. The summed E-state index contributed by atoms with van der Waals surface area (Å²) >= 11 is 0. The second kappa shape index (κ2) is 9.52. The van der Waals surface area contributed by atoms with E-state index >= 15 is 0 Å². The fourth-order valence-corrected chi connectivity index (χ4v) is 3.46. The van der Waals surface area contributed by atoms with Crippen LogP contribution < -0.4 is 15.5 Å². The molecule has 154 valence electrons. The Hall–Kier alpha value is -2.93. The first-order valence-electron chi connectivity index (χ1n) is 9.82. The van der Waals surface area contributed by atoms with E-state index in [1.807, 2.05) is 36.9 Å². The van der Waals surface area contributed by atoms with Crippen molar-refractivity contribution in [2.24, 2.45) is 0 Å². The Labute approximate surface area is 170 Å². The van der Waals surface area contributed by atoms with Crippen LogP contribution in [0.25, 0.3) is 0 Å². The Morgan fingerprint density at radius 3 is 2.41 bits per heavy atom. The van der Waals surface area contributed by atoms with E-state index in [4.69, 9.17) is 0 Å². The lowest BCUT2D eigenvalue weighted by Crippen LogP contribution is -2.49. The van der Waals surface area contributed by atoms with E-state index in [9.17, 15) is 14.0 Å².